The summed E-state index contributed by atoms with van der Waals surface area (Å²) in [5, 5.41) is 5.02. The molecule has 0 unspecified atom stereocenters. The van der Waals surface area contributed by atoms with Crippen LogP contribution < -0.4 is 24.4 Å². The fraction of sp³-hybridized carbons (Fsp3) is 0.300. The molecule has 3 rings (SSSR count). The zero-order chi connectivity index (χ0) is 21.7. The zero-order valence-electron chi connectivity index (χ0n) is 16.7. The number of ether oxygens (including phenoxy) is 2. The van der Waals surface area contributed by atoms with Crippen molar-refractivity contribution in [1.82, 2.24) is 5.32 Å². The number of hydrogen-bond acceptors (Lipinski definition) is 6. The Morgan fingerprint density at radius 3 is 2.43 bits per heavy atom. The Morgan fingerprint density at radius 1 is 1.03 bits per heavy atom. The van der Waals surface area contributed by atoms with Crippen LogP contribution in [0.4, 0.5) is 11.4 Å². The number of hydrogen-bond donors (Lipinski definition) is 2. The van der Waals surface area contributed by atoms with Gasteiger partial charge < -0.3 is 20.1 Å². The number of rotatable bonds is 6. The highest BCUT2D eigenvalue weighted by atomic mass is 32.2. The first-order valence-electron chi connectivity index (χ1n) is 9.25. The van der Waals surface area contributed by atoms with E-state index < -0.39 is 21.8 Å². The van der Waals surface area contributed by atoms with Crippen LogP contribution in [-0.4, -0.2) is 46.7 Å². The van der Waals surface area contributed by atoms with E-state index >= 15 is 0 Å². The SMILES string of the molecule is COc1ccccc1CNC(=O)C(=O)Nc1cc(N2CCCS2(=O)=O)ccc1OC. The normalized spacial score (nSPS) is 14.8. The van der Waals surface area contributed by atoms with E-state index in [2.05, 4.69) is 10.6 Å². The molecule has 0 aromatic heterocycles. The molecule has 10 heteroatoms. The Hall–Kier alpha value is -3.27. The number of nitrogens with zero attached hydrogens (tertiary/aromatic N) is 1. The first-order chi connectivity index (χ1) is 14.4. The lowest BCUT2D eigenvalue weighted by Gasteiger charge is -2.19. The second-order valence-corrected chi connectivity index (χ2v) is 8.59. The molecule has 1 aliphatic rings. The lowest BCUT2D eigenvalue weighted by molar-refractivity contribution is -0.136. The molecular weight excluding hydrogens is 410 g/mol. The van der Waals surface area contributed by atoms with E-state index in [0.717, 1.165) is 5.56 Å². The molecular formula is C20H23N3O6S. The Kier molecular flexibility index (Phi) is 6.46. The van der Waals surface area contributed by atoms with Crippen molar-refractivity contribution in [2.75, 3.05) is 36.1 Å². The van der Waals surface area contributed by atoms with E-state index in [1.165, 1.54) is 24.6 Å². The van der Waals surface area contributed by atoms with Crippen molar-refractivity contribution in [2.24, 2.45) is 0 Å². The number of carbonyl (C=O) groups excluding carboxylic acids is 2. The van der Waals surface area contributed by atoms with E-state index in [4.69, 9.17) is 9.47 Å². The van der Waals surface area contributed by atoms with Crippen molar-refractivity contribution in [3.05, 3.63) is 48.0 Å². The second-order valence-electron chi connectivity index (χ2n) is 6.57. The van der Waals surface area contributed by atoms with Crippen molar-refractivity contribution in [3.63, 3.8) is 0 Å². The maximum atomic E-state index is 12.4. The monoisotopic (exact) mass is 433 g/mol. The summed E-state index contributed by atoms with van der Waals surface area (Å²) in [5.74, 6) is -0.765. The van der Waals surface area contributed by atoms with Gasteiger partial charge in [0, 0.05) is 18.7 Å². The van der Waals surface area contributed by atoms with Gasteiger partial charge in [-0.3, -0.25) is 13.9 Å². The minimum absolute atomic E-state index is 0.0755. The lowest BCUT2D eigenvalue weighted by Crippen LogP contribution is -2.35. The second kappa shape index (κ2) is 9.04. The first-order valence-corrected chi connectivity index (χ1v) is 10.9. The Balaban J connectivity index is 1.72. The summed E-state index contributed by atoms with van der Waals surface area (Å²) in [6, 6.07) is 11.8. The molecule has 1 fully saturated rings. The van der Waals surface area contributed by atoms with Crippen LogP contribution in [0.2, 0.25) is 0 Å². The van der Waals surface area contributed by atoms with E-state index in [-0.39, 0.29) is 18.0 Å². The van der Waals surface area contributed by atoms with Crippen LogP contribution in [-0.2, 0) is 26.2 Å². The summed E-state index contributed by atoms with van der Waals surface area (Å²) in [4.78, 5) is 24.6. The molecule has 0 bridgehead atoms. The Morgan fingerprint density at radius 2 is 1.77 bits per heavy atom. The molecule has 2 N–H and O–H groups in total. The van der Waals surface area contributed by atoms with E-state index in [0.29, 0.717) is 30.2 Å². The van der Waals surface area contributed by atoms with Crippen LogP contribution in [0.15, 0.2) is 42.5 Å². The van der Waals surface area contributed by atoms with E-state index in [9.17, 15) is 18.0 Å². The van der Waals surface area contributed by atoms with Gasteiger partial charge in [-0.05, 0) is 30.7 Å². The highest BCUT2D eigenvalue weighted by Gasteiger charge is 2.29. The van der Waals surface area contributed by atoms with Crippen molar-refractivity contribution < 1.29 is 27.5 Å². The highest BCUT2D eigenvalue weighted by Crippen LogP contribution is 2.32. The number of sulfonamides is 1. The number of methoxy groups -OCH3 is 2. The Bertz CT molecular complexity index is 1050. The molecule has 2 aromatic carbocycles. The van der Waals surface area contributed by atoms with Crippen LogP contribution in [0, 0.1) is 0 Å². The smallest absolute Gasteiger partial charge is 0.313 e. The molecule has 0 spiro atoms. The maximum absolute atomic E-state index is 12.4. The van der Waals surface area contributed by atoms with Gasteiger partial charge in [-0.1, -0.05) is 18.2 Å². The van der Waals surface area contributed by atoms with Gasteiger partial charge in [0.1, 0.15) is 11.5 Å². The topological polar surface area (TPSA) is 114 Å². The maximum Gasteiger partial charge on any atom is 0.313 e. The predicted octanol–water partition coefficient (Wildman–Crippen LogP) is 1.50. The fourth-order valence-electron chi connectivity index (χ4n) is 3.16. The molecule has 0 saturated carbocycles. The minimum atomic E-state index is -3.38. The summed E-state index contributed by atoms with van der Waals surface area (Å²) in [6.45, 7) is 0.473. The molecule has 0 radical (unpaired) electrons. The predicted molar refractivity (Wildman–Crippen MR) is 112 cm³/mol. The zero-order valence-corrected chi connectivity index (χ0v) is 17.5. The summed E-state index contributed by atoms with van der Waals surface area (Å²) in [7, 11) is -0.442. The van der Waals surface area contributed by atoms with Gasteiger partial charge in [0.15, 0.2) is 0 Å². The number of carbonyl (C=O) groups is 2. The third-order valence-electron chi connectivity index (χ3n) is 4.66. The summed E-state index contributed by atoms with van der Waals surface area (Å²) >= 11 is 0. The average Bonchev–Trinajstić information content (AvgIpc) is 3.10. The van der Waals surface area contributed by atoms with Crippen LogP contribution in [0.5, 0.6) is 11.5 Å². The molecule has 160 valence electrons. The average molecular weight is 433 g/mol. The number of amides is 2. The largest absolute Gasteiger partial charge is 0.496 e. The quantitative estimate of drug-likeness (QED) is 0.668. The molecule has 1 aliphatic heterocycles. The molecule has 9 nitrogen and oxygen atoms in total. The van der Waals surface area contributed by atoms with Crippen LogP contribution in [0.3, 0.4) is 0 Å². The van der Waals surface area contributed by atoms with E-state index in [1.54, 1.807) is 36.4 Å². The molecule has 2 amide bonds. The van der Waals surface area contributed by atoms with Gasteiger partial charge in [-0.25, -0.2) is 8.42 Å². The van der Waals surface area contributed by atoms with Crippen molar-refractivity contribution in [3.8, 4) is 11.5 Å². The van der Waals surface area contributed by atoms with Gasteiger partial charge in [-0.15, -0.1) is 0 Å². The van der Waals surface area contributed by atoms with Gasteiger partial charge in [0.25, 0.3) is 0 Å². The molecule has 1 heterocycles. The van der Waals surface area contributed by atoms with Crippen molar-refractivity contribution >= 4 is 33.2 Å². The first kappa shape index (κ1) is 21.4. The lowest BCUT2D eigenvalue weighted by atomic mass is 10.2. The third kappa shape index (κ3) is 4.65. The number of anilines is 2. The van der Waals surface area contributed by atoms with Gasteiger partial charge in [-0.2, -0.15) is 0 Å². The van der Waals surface area contributed by atoms with Gasteiger partial charge in [0.05, 0.1) is 31.3 Å². The Labute approximate surface area is 175 Å². The minimum Gasteiger partial charge on any atom is -0.496 e. The molecule has 0 atom stereocenters. The number of benzene rings is 2. The summed E-state index contributed by atoms with van der Waals surface area (Å²) in [5.41, 5.74) is 1.33. The van der Waals surface area contributed by atoms with Crippen LogP contribution in [0.1, 0.15) is 12.0 Å². The molecule has 0 aliphatic carbocycles. The van der Waals surface area contributed by atoms with Crippen LogP contribution >= 0.6 is 0 Å². The fourth-order valence-corrected chi connectivity index (χ4v) is 4.72. The van der Waals surface area contributed by atoms with Gasteiger partial charge >= 0.3 is 11.8 Å². The summed E-state index contributed by atoms with van der Waals surface area (Å²) < 4.78 is 36.1. The van der Waals surface area contributed by atoms with Crippen molar-refractivity contribution in [2.45, 2.75) is 13.0 Å². The highest BCUT2D eigenvalue weighted by molar-refractivity contribution is 7.93. The van der Waals surface area contributed by atoms with E-state index in [1.807, 2.05) is 0 Å². The molecule has 1 saturated heterocycles. The molecule has 2 aromatic rings. The number of para-hydroxylation sites is 1. The molecule has 30 heavy (non-hydrogen) atoms. The van der Waals surface area contributed by atoms with Crippen LogP contribution in [0.25, 0.3) is 0 Å². The van der Waals surface area contributed by atoms with Crippen molar-refractivity contribution in [1.29, 1.82) is 0 Å². The summed E-state index contributed by atoms with van der Waals surface area (Å²) in [6.07, 6.45) is 0.529. The standard InChI is InChI=1S/C20H23N3O6S/c1-28-17-7-4-3-6-14(17)13-21-19(24)20(25)22-16-12-15(8-9-18(16)29-2)23-10-5-11-30(23,26)27/h3-4,6-9,12H,5,10-11,13H2,1-2H3,(H,21,24)(H,22,25). The number of nitrogens with one attached hydrogen (secondary N) is 2. The third-order valence-corrected chi connectivity index (χ3v) is 6.53. The van der Waals surface area contributed by atoms with Gasteiger partial charge in [0.2, 0.25) is 10.0 Å².